The number of sulfonamides is 1. The van der Waals surface area contributed by atoms with E-state index in [1.165, 1.54) is 29.6 Å². The molecule has 2 aromatic carbocycles. The molecular weight excluding hydrogens is 435 g/mol. The van der Waals surface area contributed by atoms with Gasteiger partial charge in [0, 0.05) is 28.7 Å². The standard InChI is InChI=1S/C20H22Cl2N2O4S/c1-13(16-7-6-15(21)12-17(16)22)23-20(25)14-5-8-18(28-2)19(11-14)29(26,27)24-9-3-4-10-24/h5-8,11-13H,3-4,9-10H2,1-2H3,(H,23,25). The van der Waals surface area contributed by atoms with Crippen LogP contribution in [0.4, 0.5) is 0 Å². The zero-order valence-electron chi connectivity index (χ0n) is 16.1. The summed E-state index contributed by atoms with van der Waals surface area (Å²) in [5, 5.41) is 3.79. The van der Waals surface area contributed by atoms with Gasteiger partial charge in [0.15, 0.2) is 0 Å². The maximum atomic E-state index is 13.0. The minimum atomic E-state index is -3.74. The van der Waals surface area contributed by atoms with Crippen molar-refractivity contribution in [2.75, 3.05) is 20.2 Å². The highest BCUT2D eigenvalue weighted by atomic mass is 35.5. The van der Waals surface area contributed by atoms with Gasteiger partial charge in [-0.2, -0.15) is 4.31 Å². The van der Waals surface area contributed by atoms with E-state index < -0.39 is 22.0 Å². The number of carbonyl (C=O) groups excluding carboxylic acids is 1. The first-order chi connectivity index (χ1) is 13.7. The average Bonchev–Trinajstić information content (AvgIpc) is 3.23. The number of rotatable bonds is 6. The van der Waals surface area contributed by atoms with Crippen molar-refractivity contribution in [3.63, 3.8) is 0 Å². The third-order valence-electron chi connectivity index (χ3n) is 4.89. The molecule has 1 saturated heterocycles. The summed E-state index contributed by atoms with van der Waals surface area (Å²) in [6.45, 7) is 2.72. The summed E-state index contributed by atoms with van der Waals surface area (Å²) in [5.74, 6) is -0.203. The largest absolute Gasteiger partial charge is 0.495 e. The lowest BCUT2D eigenvalue weighted by Crippen LogP contribution is -2.29. The van der Waals surface area contributed by atoms with Gasteiger partial charge in [-0.15, -0.1) is 0 Å². The SMILES string of the molecule is COc1ccc(C(=O)NC(C)c2ccc(Cl)cc2Cl)cc1S(=O)(=O)N1CCCC1. The average molecular weight is 457 g/mol. The quantitative estimate of drug-likeness (QED) is 0.703. The molecule has 0 aromatic heterocycles. The van der Waals surface area contributed by atoms with Gasteiger partial charge in [0.1, 0.15) is 10.6 Å². The first-order valence-electron chi connectivity index (χ1n) is 9.18. The summed E-state index contributed by atoms with van der Waals surface area (Å²) in [6.07, 6.45) is 1.64. The van der Waals surface area contributed by atoms with E-state index in [-0.39, 0.29) is 16.2 Å². The second kappa shape index (κ2) is 8.92. The van der Waals surface area contributed by atoms with Crippen LogP contribution in [0, 0.1) is 0 Å². The summed E-state index contributed by atoms with van der Waals surface area (Å²) in [4.78, 5) is 12.8. The van der Waals surface area contributed by atoms with E-state index in [4.69, 9.17) is 27.9 Å². The van der Waals surface area contributed by atoms with Gasteiger partial charge in [-0.3, -0.25) is 4.79 Å². The molecule has 1 heterocycles. The third-order valence-corrected chi connectivity index (χ3v) is 7.37. The van der Waals surface area contributed by atoms with Crippen LogP contribution in [0.2, 0.25) is 10.0 Å². The Morgan fingerprint density at radius 2 is 1.83 bits per heavy atom. The van der Waals surface area contributed by atoms with E-state index in [0.717, 1.165) is 12.8 Å². The molecule has 0 radical (unpaired) electrons. The third kappa shape index (κ3) is 4.69. The topological polar surface area (TPSA) is 75.7 Å². The van der Waals surface area contributed by atoms with E-state index in [0.29, 0.717) is 28.7 Å². The van der Waals surface area contributed by atoms with Crippen LogP contribution >= 0.6 is 23.2 Å². The molecule has 3 rings (SSSR count). The first-order valence-corrected chi connectivity index (χ1v) is 11.4. The van der Waals surface area contributed by atoms with Crippen molar-refractivity contribution in [1.29, 1.82) is 0 Å². The van der Waals surface area contributed by atoms with Crippen molar-refractivity contribution in [3.05, 3.63) is 57.6 Å². The molecule has 0 aliphatic carbocycles. The van der Waals surface area contributed by atoms with Crippen LogP contribution < -0.4 is 10.1 Å². The first kappa shape index (κ1) is 21.9. The summed E-state index contributed by atoms with van der Waals surface area (Å²) in [6, 6.07) is 9.04. The molecule has 9 heteroatoms. The molecule has 29 heavy (non-hydrogen) atoms. The van der Waals surface area contributed by atoms with Crippen molar-refractivity contribution >= 4 is 39.1 Å². The zero-order valence-corrected chi connectivity index (χ0v) is 18.4. The molecule has 6 nitrogen and oxygen atoms in total. The number of nitrogens with one attached hydrogen (secondary N) is 1. The lowest BCUT2D eigenvalue weighted by molar-refractivity contribution is 0.0939. The number of hydrogen-bond donors (Lipinski definition) is 1. The second-order valence-corrected chi connectivity index (χ2v) is 9.59. The van der Waals surface area contributed by atoms with Crippen LogP contribution in [0.25, 0.3) is 0 Å². The van der Waals surface area contributed by atoms with Crippen LogP contribution in [0.15, 0.2) is 41.3 Å². The number of hydrogen-bond acceptors (Lipinski definition) is 4. The molecule has 0 bridgehead atoms. The lowest BCUT2D eigenvalue weighted by Gasteiger charge is -2.19. The smallest absolute Gasteiger partial charge is 0.251 e. The number of ether oxygens (including phenoxy) is 1. The fourth-order valence-corrected chi connectivity index (χ4v) is 5.57. The lowest BCUT2D eigenvalue weighted by atomic mass is 10.1. The van der Waals surface area contributed by atoms with Gasteiger partial charge < -0.3 is 10.1 Å². The number of methoxy groups -OCH3 is 1. The summed E-state index contributed by atoms with van der Waals surface area (Å²) < 4.78 is 32.6. The van der Waals surface area contributed by atoms with Crippen LogP contribution in [-0.4, -0.2) is 38.8 Å². The van der Waals surface area contributed by atoms with Crippen molar-refractivity contribution in [3.8, 4) is 5.75 Å². The zero-order chi connectivity index (χ0) is 21.2. The van der Waals surface area contributed by atoms with Crippen LogP contribution in [-0.2, 0) is 10.0 Å². The summed E-state index contributed by atoms with van der Waals surface area (Å²) in [5.41, 5.74) is 0.934. The molecule has 0 spiro atoms. The van der Waals surface area contributed by atoms with Crippen molar-refractivity contribution < 1.29 is 17.9 Å². The van der Waals surface area contributed by atoms with Crippen molar-refractivity contribution in [1.82, 2.24) is 9.62 Å². The molecule has 0 saturated carbocycles. The van der Waals surface area contributed by atoms with Crippen LogP contribution in [0.1, 0.15) is 41.7 Å². The van der Waals surface area contributed by atoms with Gasteiger partial charge in [-0.05, 0) is 55.7 Å². The van der Waals surface area contributed by atoms with Gasteiger partial charge in [-0.1, -0.05) is 29.3 Å². The Kier molecular flexibility index (Phi) is 6.73. The van der Waals surface area contributed by atoms with E-state index in [1.54, 1.807) is 25.1 Å². The normalized spacial score (nSPS) is 15.9. The number of halogens is 2. The van der Waals surface area contributed by atoms with Gasteiger partial charge in [0.2, 0.25) is 10.0 Å². The molecule has 1 aliphatic rings. The Hall–Kier alpha value is -1.80. The Bertz CT molecular complexity index is 1020. The predicted molar refractivity (Wildman–Crippen MR) is 113 cm³/mol. The summed E-state index contributed by atoms with van der Waals surface area (Å²) >= 11 is 12.1. The highest BCUT2D eigenvalue weighted by Gasteiger charge is 2.30. The van der Waals surface area contributed by atoms with Crippen LogP contribution in [0.3, 0.4) is 0 Å². The van der Waals surface area contributed by atoms with Gasteiger partial charge in [0.25, 0.3) is 5.91 Å². The molecule has 1 fully saturated rings. The van der Waals surface area contributed by atoms with E-state index in [1.807, 2.05) is 0 Å². The van der Waals surface area contributed by atoms with E-state index in [9.17, 15) is 13.2 Å². The maximum Gasteiger partial charge on any atom is 0.251 e. The Morgan fingerprint density at radius 1 is 1.14 bits per heavy atom. The number of nitrogens with zero attached hydrogens (tertiary/aromatic N) is 1. The maximum absolute atomic E-state index is 13.0. The Balaban J connectivity index is 1.87. The predicted octanol–water partition coefficient (Wildman–Crippen LogP) is 4.28. The van der Waals surface area contributed by atoms with Gasteiger partial charge in [-0.25, -0.2) is 8.42 Å². The van der Waals surface area contributed by atoms with Gasteiger partial charge >= 0.3 is 0 Å². The van der Waals surface area contributed by atoms with E-state index in [2.05, 4.69) is 5.32 Å². The molecule has 1 amide bonds. The Labute approximate surface area is 180 Å². The molecule has 2 aromatic rings. The fourth-order valence-electron chi connectivity index (χ4n) is 3.30. The monoisotopic (exact) mass is 456 g/mol. The Morgan fingerprint density at radius 3 is 2.45 bits per heavy atom. The van der Waals surface area contributed by atoms with E-state index >= 15 is 0 Å². The van der Waals surface area contributed by atoms with Gasteiger partial charge in [0.05, 0.1) is 13.2 Å². The fraction of sp³-hybridized carbons (Fsp3) is 0.350. The number of benzene rings is 2. The second-order valence-electron chi connectivity index (χ2n) is 6.84. The minimum absolute atomic E-state index is 0.00766. The highest BCUT2D eigenvalue weighted by molar-refractivity contribution is 7.89. The molecule has 1 atom stereocenters. The van der Waals surface area contributed by atoms with Crippen molar-refractivity contribution in [2.24, 2.45) is 0 Å². The number of carbonyl (C=O) groups is 1. The minimum Gasteiger partial charge on any atom is -0.495 e. The van der Waals surface area contributed by atoms with Crippen LogP contribution in [0.5, 0.6) is 5.75 Å². The molecule has 1 aliphatic heterocycles. The van der Waals surface area contributed by atoms with Crippen molar-refractivity contribution in [2.45, 2.75) is 30.7 Å². The molecule has 1 N–H and O–H groups in total. The molecule has 156 valence electrons. The number of amides is 1. The molecule has 1 unspecified atom stereocenters. The molecular formula is C20H22Cl2N2O4S. The highest BCUT2D eigenvalue weighted by Crippen LogP contribution is 2.30. The summed E-state index contributed by atoms with van der Waals surface area (Å²) in [7, 11) is -2.33.